The maximum atomic E-state index is 12.2. The predicted octanol–water partition coefficient (Wildman–Crippen LogP) is 2.98. The maximum Gasteiger partial charge on any atom is 0.334 e. The van der Waals surface area contributed by atoms with Gasteiger partial charge in [-0.15, -0.1) is 0 Å². The molecular weight excluding hydrogens is 324 g/mol. The number of rotatable bonds is 5. The molecule has 1 N–H and O–H groups in total. The second-order valence-electron chi connectivity index (χ2n) is 6.64. The largest absolute Gasteiger partial charge is 0.496 e. The fourth-order valence-corrected chi connectivity index (χ4v) is 2.67. The Kier molecular flexibility index (Phi) is 5.23. The summed E-state index contributed by atoms with van der Waals surface area (Å²) in [4.78, 5) is 24.1. The SMILES string of the molecule is C/C=C(\C)C(=O)O[C@@H]1c2cc(C(C)=O)c(OC)cc2O[C@@H]1C(C)(C)O. The van der Waals surface area contributed by atoms with Crippen LogP contribution in [0.25, 0.3) is 0 Å². The van der Waals surface area contributed by atoms with Crippen molar-refractivity contribution in [2.75, 3.05) is 7.11 Å². The van der Waals surface area contributed by atoms with Crippen LogP contribution in [0.15, 0.2) is 23.8 Å². The Morgan fingerprint density at radius 3 is 2.40 bits per heavy atom. The lowest BCUT2D eigenvalue weighted by molar-refractivity contribution is -0.155. The van der Waals surface area contributed by atoms with E-state index in [1.165, 1.54) is 14.0 Å². The summed E-state index contributed by atoms with van der Waals surface area (Å²) in [5, 5.41) is 10.4. The highest BCUT2D eigenvalue weighted by Gasteiger charge is 2.46. The van der Waals surface area contributed by atoms with Crippen LogP contribution in [0.1, 0.15) is 56.6 Å². The molecule has 0 spiro atoms. The first-order chi connectivity index (χ1) is 11.6. The van der Waals surface area contributed by atoms with Gasteiger partial charge in [0.2, 0.25) is 0 Å². The maximum absolute atomic E-state index is 12.2. The molecule has 0 bridgehead atoms. The molecule has 0 amide bonds. The third kappa shape index (κ3) is 3.69. The van der Waals surface area contributed by atoms with Crippen molar-refractivity contribution in [3.05, 3.63) is 34.9 Å². The van der Waals surface area contributed by atoms with Crippen LogP contribution >= 0.6 is 0 Å². The molecule has 25 heavy (non-hydrogen) atoms. The molecule has 136 valence electrons. The summed E-state index contributed by atoms with van der Waals surface area (Å²) >= 11 is 0. The van der Waals surface area contributed by atoms with E-state index in [1.807, 2.05) is 0 Å². The van der Waals surface area contributed by atoms with E-state index in [1.54, 1.807) is 45.9 Å². The molecule has 1 aliphatic rings. The normalized spacial score (nSPS) is 19.9. The smallest absolute Gasteiger partial charge is 0.334 e. The molecule has 1 heterocycles. The summed E-state index contributed by atoms with van der Waals surface area (Å²) in [6, 6.07) is 3.19. The number of hydrogen-bond acceptors (Lipinski definition) is 6. The number of aliphatic hydroxyl groups is 1. The Hall–Kier alpha value is -2.34. The zero-order valence-corrected chi connectivity index (χ0v) is 15.4. The van der Waals surface area contributed by atoms with Crippen LogP contribution in [0.2, 0.25) is 0 Å². The number of carbonyl (C=O) groups excluding carboxylic acids is 2. The van der Waals surface area contributed by atoms with Gasteiger partial charge in [-0.1, -0.05) is 6.08 Å². The number of allylic oxidation sites excluding steroid dienone is 1. The number of ketones is 1. The molecule has 0 fully saturated rings. The summed E-state index contributed by atoms with van der Waals surface area (Å²) < 4.78 is 16.7. The molecule has 2 atom stereocenters. The van der Waals surface area contributed by atoms with Crippen LogP contribution < -0.4 is 9.47 Å². The second kappa shape index (κ2) is 6.88. The van der Waals surface area contributed by atoms with E-state index < -0.39 is 23.8 Å². The molecule has 0 aromatic heterocycles. The number of carbonyl (C=O) groups is 2. The minimum Gasteiger partial charge on any atom is -0.496 e. The monoisotopic (exact) mass is 348 g/mol. The van der Waals surface area contributed by atoms with E-state index in [0.717, 1.165) is 0 Å². The van der Waals surface area contributed by atoms with Gasteiger partial charge in [0.1, 0.15) is 11.5 Å². The van der Waals surface area contributed by atoms with E-state index in [9.17, 15) is 14.7 Å². The number of fused-ring (bicyclic) bond motifs is 1. The summed E-state index contributed by atoms with van der Waals surface area (Å²) in [6.07, 6.45) is 0.0112. The highest BCUT2D eigenvalue weighted by Crippen LogP contribution is 2.46. The second-order valence-corrected chi connectivity index (χ2v) is 6.64. The number of methoxy groups -OCH3 is 1. The lowest BCUT2D eigenvalue weighted by Gasteiger charge is -2.29. The fraction of sp³-hybridized carbons (Fsp3) is 0.474. The van der Waals surface area contributed by atoms with Gasteiger partial charge in [0.25, 0.3) is 0 Å². The van der Waals surface area contributed by atoms with Crippen molar-refractivity contribution in [3.8, 4) is 11.5 Å². The van der Waals surface area contributed by atoms with Crippen LogP contribution in [0.5, 0.6) is 11.5 Å². The van der Waals surface area contributed by atoms with Gasteiger partial charge < -0.3 is 19.3 Å². The van der Waals surface area contributed by atoms with Crippen molar-refractivity contribution in [2.45, 2.75) is 52.4 Å². The van der Waals surface area contributed by atoms with Gasteiger partial charge in [-0.2, -0.15) is 0 Å². The minimum absolute atomic E-state index is 0.180. The molecule has 6 heteroatoms. The summed E-state index contributed by atoms with van der Waals surface area (Å²) in [5.74, 6) is 0.113. The Balaban J connectivity index is 2.53. The van der Waals surface area contributed by atoms with Gasteiger partial charge in [-0.3, -0.25) is 4.79 Å². The first-order valence-corrected chi connectivity index (χ1v) is 8.06. The van der Waals surface area contributed by atoms with Crippen LogP contribution in [0, 0.1) is 0 Å². The van der Waals surface area contributed by atoms with E-state index in [-0.39, 0.29) is 5.78 Å². The Labute approximate surface area is 147 Å². The number of ether oxygens (including phenoxy) is 3. The number of Topliss-reactive ketones (excluding diaryl/α,β-unsaturated/α-hetero) is 1. The van der Waals surface area contributed by atoms with Crippen LogP contribution in [-0.2, 0) is 9.53 Å². The van der Waals surface area contributed by atoms with Crippen LogP contribution in [-0.4, -0.2) is 35.7 Å². The van der Waals surface area contributed by atoms with Crippen molar-refractivity contribution in [1.82, 2.24) is 0 Å². The van der Waals surface area contributed by atoms with E-state index in [0.29, 0.717) is 28.2 Å². The molecule has 1 aromatic carbocycles. The van der Waals surface area contributed by atoms with Crippen molar-refractivity contribution < 1.29 is 28.9 Å². The van der Waals surface area contributed by atoms with E-state index >= 15 is 0 Å². The molecule has 0 radical (unpaired) electrons. The third-order valence-electron chi connectivity index (χ3n) is 4.23. The van der Waals surface area contributed by atoms with Gasteiger partial charge in [-0.05, 0) is 40.7 Å². The van der Waals surface area contributed by atoms with Crippen molar-refractivity contribution in [1.29, 1.82) is 0 Å². The Bertz CT molecular complexity index is 726. The minimum atomic E-state index is -1.27. The van der Waals surface area contributed by atoms with Gasteiger partial charge in [-0.25, -0.2) is 4.79 Å². The van der Waals surface area contributed by atoms with Gasteiger partial charge in [0.05, 0.1) is 18.3 Å². The lowest BCUT2D eigenvalue weighted by Crippen LogP contribution is -2.43. The first kappa shape index (κ1) is 19.0. The molecular formula is C19H24O6. The summed E-state index contributed by atoms with van der Waals surface area (Å²) in [5.41, 5.74) is 0.0842. The number of esters is 1. The van der Waals surface area contributed by atoms with Crippen molar-refractivity contribution in [3.63, 3.8) is 0 Å². The van der Waals surface area contributed by atoms with Gasteiger partial charge >= 0.3 is 5.97 Å². The summed E-state index contributed by atoms with van der Waals surface area (Å²) in [6.45, 7) is 7.97. The molecule has 0 aliphatic carbocycles. The zero-order valence-electron chi connectivity index (χ0n) is 15.4. The standard InChI is InChI=1S/C19H24O6/c1-7-10(2)18(21)25-16-13-8-12(11(3)20)14(23-6)9-15(13)24-17(16)19(4,5)22/h7-9,16-17,22H,1-6H3/b10-7+/t16-,17+/m1/s1. The number of hydrogen-bond donors (Lipinski definition) is 1. The first-order valence-electron chi connectivity index (χ1n) is 8.06. The highest BCUT2D eigenvalue weighted by atomic mass is 16.6. The molecule has 2 rings (SSSR count). The van der Waals surface area contributed by atoms with E-state index in [4.69, 9.17) is 14.2 Å². The van der Waals surface area contributed by atoms with Crippen molar-refractivity contribution >= 4 is 11.8 Å². The van der Waals surface area contributed by atoms with Crippen LogP contribution in [0.4, 0.5) is 0 Å². The zero-order chi connectivity index (χ0) is 18.9. The Morgan fingerprint density at radius 2 is 1.92 bits per heavy atom. The van der Waals surface area contributed by atoms with Crippen LogP contribution in [0.3, 0.4) is 0 Å². The van der Waals surface area contributed by atoms with Gasteiger partial charge in [0, 0.05) is 17.2 Å². The molecule has 1 aliphatic heterocycles. The molecule has 0 saturated heterocycles. The molecule has 0 saturated carbocycles. The molecule has 0 unspecified atom stereocenters. The van der Waals surface area contributed by atoms with Crippen molar-refractivity contribution in [2.24, 2.45) is 0 Å². The average molecular weight is 348 g/mol. The number of benzene rings is 1. The summed E-state index contributed by atoms with van der Waals surface area (Å²) in [7, 11) is 1.46. The third-order valence-corrected chi connectivity index (χ3v) is 4.23. The van der Waals surface area contributed by atoms with E-state index in [2.05, 4.69) is 0 Å². The Morgan fingerprint density at radius 1 is 1.28 bits per heavy atom. The lowest BCUT2D eigenvalue weighted by atomic mass is 9.93. The molecule has 6 nitrogen and oxygen atoms in total. The molecule has 1 aromatic rings. The average Bonchev–Trinajstić information content (AvgIpc) is 2.90. The predicted molar refractivity (Wildman–Crippen MR) is 92.0 cm³/mol. The fourth-order valence-electron chi connectivity index (χ4n) is 2.67. The quantitative estimate of drug-likeness (QED) is 0.500. The highest BCUT2D eigenvalue weighted by molar-refractivity contribution is 5.97. The van der Waals surface area contributed by atoms with Gasteiger partial charge in [0.15, 0.2) is 18.0 Å². The topological polar surface area (TPSA) is 82.1 Å².